The van der Waals surface area contributed by atoms with Crippen molar-refractivity contribution in [1.29, 1.82) is 0 Å². The van der Waals surface area contributed by atoms with Crippen LogP contribution >= 0.6 is 0 Å². The van der Waals surface area contributed by atoms with Crippen molar-refractivity contribution in [2.45, 2.75) is 52.7 Å². The van der Waals surface area contributed by atoms with Gasteiger partial charge in [-0.2, -0.15) is 0 Å². The van der Waals surface area contributed by atoms with Crippen molar-refractivity contribution in [2.24, 2.45) is 0 Å². The normalized spacial score (nSPS) is 24.2. The highest BCUT2D eigenvalue weighted by Gasteiger charge is 2.32. The topological polar surface area (TPSA) is 15.3 Å². The minimum atomic E-state index is 0.237. The monoisotopic (exact) mass is 246 g/mol. The van der Waals surface area contributed by atoms with Gasteiger partial charge in [-0.3, -0.25) is 4.90 Å². The molecule has 1 atom stereocenters. The van der Waals surface area contributed by atoms with Gasteiger partial charge in [0.25, 0.3) is 0 Å². The maximum Gasteiger partial charge on any atom is 0.0281 e. The lowest BCUT2D eigenvalue weighted by atomic mass is 9.95. The van der Waals surface area contributed by atoms with Crippen molar-refractivity contribution in [1.82, 2.24) is 10.2 Å². The molecule has 0 aliphatic carbocycles. The largest absolute Gasteiger partial charge is 0.311 e. The number of aryl methyl sites for hydroxylation is 2. The summed E-state index contributed by atoms with van der Waals surface area (Å²) in [4.78, 5) is 2.61. The number of benzene rings is 1. The molecule has 2 rings (SSSR count). The third-order valence-corrected chi connectivity index (χ3v) is 4.23. The second-order valence-corrected chi connectivity index (χ2v) is 6.35. The van der Waals surface area contributed by atoms with E-state index in [1.807, 2.05) is 0 Å². The van der Waals surface area contributed by atoms with Gasteiger partial charge >= 0.3 is 0 Å². The first kappa shape index (κ1) is 13.6. The number of nitrogens with one attached hydrogen (secondary N) is 1. The second-order valence-electron chi connectivity index (χ2n) is 6.35. The molecular weight excluding hydrogens is 220 g/mol. The van der Waals surface area contributed by atoms with Crippen LogP contribution in [0.5, 0.6) is 0 Å². The highest BCUT2D eigenvalue weighted by atomic mass is 15.3. The predicted octanol–water partition coefficient (Wildman–Crippen LogP) is 2.88. The average molecular weight is 246 g/mol. The van der Waals surface area contributed by atoms with Crippen LogP contribution in [0.1, 0.15) is 37.5 Å². The van der Waals surface area contributed by atoms with Gasteiger partial charge in [-0.1, -0.05) is 18.2 Å². The summed E-state index contributed by atoms with van der Waals surface area (Å²) in [6, 6.07) is 7.18. The van der Waals surface area contributed by atoms with Crippen LogP contribution in [0.4, 0.5) is 0 Å². The molecule has 0 aromatic heterocycles. The van der Waals surface area contributed by atoms with E-state index in [1.54, 1.807) is 0 Å². The van der Waals surface area contributed by atoms with Gasteiger partial charge < -0.3 is 5.32 Å². The number of hydrogen-bond acceptors (Lipinski definition) is 2. The molecule has 1 saturated heterocycles. The van der Waals surface area contributed by atoms with E-state index in [0.29, 0.717) is 6.04 Å². The molecule has 1 heterocycles. The summed E-state index contributed by atoms with van der Waals surface area (Å²) >= 11 is 0. The summed E-state index contributed by atoms with van der Waals surface area (Å²) in [5.74, 6) is 0. The van der Waals surface area contributed by atoms with Gasteiger partial charge in [0.15, 0.2) is 0 Å². The molecule has 1 N–H and O–H groups in total. The van der Waals surface area contributed by atoms with Gasteiger partial charge in [0.2, 0.25) is 0 Å². The summed E-state index contributed by atoms with van der Waals surface area (Å²) in [6.45, 7) is 14.6. The number of rotatable bonds is 2. The summed E-state index contributed by atoms with van der Waals surface area (Å²) in [5.41, 5.74) is 4.56. The molecule has 1 aromatic carbocycles. The van der Waals surface area contributed by atoms with Crippen LogP contribution in [0.2, 0.25) is 0 Å². The van der Waals surface area contributed by atoms with Crippen molar-refractivity contribution in [3.05, 3.63) is 34.9 Å². The van der Waals surface area contributed by atoms with E-state index in [4.69, 9.17) is 0 Å². The van der Waals surface area contributed by atoms with Crippen LogP contribution in [0.3, 0.4) is 0 Å². The van der Waals surface area contributed by atoms with Crippen molar-refractivity contribution >= 4 is 0 Å². The first-order valence-electron chi connectivity index (χ1n) is 6.94. The Morgan fingerprint density at radius 3 is 2.50 bits per heavy atom. The van der Waals surface area contributed by atoms with Crippen LogP contribution in [0.15, 0.2) is 18.2 Å². The van der Waals surface area contributed by atoms with Gasteiger partial charge in [-0.05, 0) is 51.3 Å². The molecule has 2 nitrogen and oxygen atoms in total. The van der Waals surface area contributed by atoms with Crippen LogP contribution < -0.4 is 5.32 Å². The van der Waals surface area contributed by atoms with Crippen LogP contribution in [-0.4, -0.2) is 29.6 Å². The van der Waals surface area contributed by atoms with Gasteiger partial charge in [-0.25, -0.2) is 0 Å². The molecule has 0 saturated carbocycles. The molecule has 0 amide bonds. The molecule has 18 heavy (non-hydrogen) atoms. The molecule has 1 aliphatic heterocycles. The SMILES string of the molecule is Cc1cccc(C)c1CN1CC(C)NCC1(C)C. The highest BCUT2D eigenvalue weighted by molar-refractivity contribution is 5.33. The minimum Gasteiger partial charge on any atom is -0.311 e. The molecule has 1 unspecified atom stereocenters. The van der Waals surface area contributed by atoms with Gasteiger partial charge in [0.1, 0.15) is 0 Å². The van der Waals surface area contributed by atoms with Gasteiger partial charge in [-0.15, -0.1) is 0 Å². The summed E-state index contributed by atoms with van der Waals surface area (Å²) in [6.07, 6.45) is 0. The molecule has 1 aliphatic rings. The maximum atomic E-state index is 3.58. The van der Waals surface area contributed by atoms with Crippen molar-refractivity contribution < 1.29 is 0 Å². The Morgan fingerprint density at radius 2 is 1.89 bits per heavy atom. The Labute approximate surface area is 111 Å². The molecule has 0 bridgehead atoms. The van der Waals surface area contributed by atoms with Gasteiger partial charge in [0.05, 0.1) is 0 Å². The number of nitrogens with zero attached hydrogens (tertiary/aromatic N) is 1. The average Bonchev–Trinajstić information content (AvgIpc) is 2.28. The zero-order valence-corrected chi connectivity index (χ0v) is 12.4. The molecule has 0 radical (unpaired) electrons. The minimum absolute atomic E-state index is 0.237. The predicted molar refractivity (Wildman–Crippen MR) is 77.9 cm³/mol. The summed E-state index contributed by atoms with van der Waals surface area (Å²) in [7, 11) is 0. The molecule has 0 spiro atoms. The Hall–Kier alpha value is -0.860. The van der Waals surface area contributed by atoms with E-state index in [1.165, 1.54) is 16.7 Å². The Bertz CT molecular complexity index is 403. The van der Waals surface area contributed by atoms with Crippen molar-refractivity contribution in [2.75, 3.05) is 13.1 Å². The molecular formula is C16H26N2. The third-order valence-electron chi connectivity index (χ3n) is 4.23. The second kappa shape index (κ2) is 5.02. The summed E-state index contributed by atoms with van der Waals surface area (Å²) in [5, 5.41) is 3.58. The smallest absolute Gasteiger partial charge is 0.0281 e. The van der Waals surface area contributed by atoms with E-state index >= 15 is 0 Å². The Morgan fingerprint density at radius 1 is 1.28 bits per heavy atom. The van der Waals surface area contributed by atoms with Gasteiger partial charge in [0, 0.05) is 31.2 Å². The number of hydrogen-bond donors (Lipinski definition) is 1. The lowest BCUT2D eigenvalue weighted by Crippen LogP contribution is -2.60. The maximum absolute atomic E-state index is 3.58. The van der Waals surface area contributed by atoms with E-state index in [0.717, 1.165) is 19.6 Å². The standard InChI is InChI=1S/C16H26N2/c1-12-7-6-8-13(2)15(12)10-18-9-14(3)17-11-16(18,4)5/h6-8,14,17H,9-11H2,1-5H3. The third kappa shape index (κ3) is 2.76. The molecule has 100 valence electrons. The molecule has 1 fully saturated rings. The lowest BCUT2D eigenvalue weighted by molar-refractivity contribution is 0.0623. The van der Waals surface area contributed by atoms with Crippen LogP contribution in [0.25, 0.3) is 0 Å². The lowest BCUT2D eigenvalue weighted by Gasteiger charge is -2.45. The van der Waals surface area contributed by atoms with Crippen molar-refractivity contribution in [3.8, 4) is 0 Å². The Kier molecular flexibility index (Phi) is 3.79. The zero-order chi connectivity index (χ0) is 13.3. The summed E-state index contributed by atoms with van der Waals surface area (Å²) < 4.78 is 0. The fourth-order valence-electron chi connectivity index (χ4n) is 2.75. The van der Waals surface area contributed by atoms with Crippen LogP contribution in [0, 0.1) is 13.8 Å². The fraction of sp³-hybridized carbons (Fsp3) is 0.625. The highest BCUT2D eigenvalue weighted by Crippen LogP contribution is 2.24. The first-order valence-corrected chi connectivity index (χ1v) is 6.94. The first-order chi connectivity index (χ1) is 8.40. The quantitative estimate of drug-likeness (QED) is 0.863. The van der Waals surface area contributed by atoms with Crippen LogP contribution in [-0.2, 0) is 6.54 Å². The number of piperazine rings is 1. The van der Waals surface area contributed by atoms with E-state index < -0.39 is 0 Å². The fourth-order valence-corrected chi connectivity index (χ4v) is 2.75. The molecule has 1 aromatic rings. The van der Waals surface area contributed by atoms with E-state index in [-0.39, 0.29) is 5.54 Å². The van der Waals surface area contributed by atoms with E-state index in [9.17, 15) is 0 Å². The Balaban J connectivity index is 2.21. The van der Waals surface area contributed by atoms with Crippen molar-refractivity contribution in [3.63, 3.8) is 0 Å². The van der Waals surface area contributed by atoms with E-state index in [2.05, 4.69) is 63.0 Å². The molecule has 2 heteroatoms. The zero-order valence-electron chi connectivity index (χ0n) is 12.4.